The molecule has 0 bridgehead atoms. The highest BCUT2D eigenvalue weighted by atomic mass is 16.6. The molecule has 0 fully saturated rings. The molecule has 0 radical (unpaired) electrons. The van der Waals surface area contributed by atoms with Crippen LogP contribution in [0.25, 0.3) is 11.6 Å². The van der Waals surface area contributed by atoms with Gasteiger partial charge in [-0.2, -0.15) is 0 Å². The molecule has 0 saturated carbocycles. The fraction of sp³-hybridized carbons (Fsp3) is 0.455. The van der Waals surface area contributed by atoms with Crippen molar-refractivity contribution in [1.82, 2.24) is 10.3 Å². The minimum absolute atomic E-state index is 0.111. The normalized spacial score (nSPS) is 25.5. The summed E-state index contributed by atoms with van der Waals surface area (Å²) in [6, 6.07) is 0. The second kappa shape index (κ2) is 3.08. The van der Waals surface area contributed by atoms with Gasteiger partial charge in [0, 0.05) is 5.41 Å². The molecule has 74 valence electrons. The van der Waals surface area contributed by atoms with Gasteiger partial charge in [0.2, 0.25) is 0 Å². The topological polar surface area (TPSA) is 38.9 Å². The van der Waals surface area contributed by atoms with E-state index in [1.807, 2.05) is 13.0 Å². The summed E-state index contributed by atoms with van der Waals surface area (Å²) < 4.78 is 4.70. The maximum Gasteiger partial charge on any atom is 0.137 e. The Morgan fingerprint density at radius 2 is 2.21 bits per heavy atom. The molecule has 1 aromatic rings. The molecule has 0 aromatic carbocycles. The number of aromatic nitrogens is 2. The molecule has 2 rings (SSSR count). The lowest BCUT2D eigenvalue weighted by Crippen LogP contribution is -2.06. The molecule has 0 aliphatic heterocycles. The van der Waals surface area contributed by atoms with Gasteiger partial charge in [0.05, 0.1) is 0 Å². The highest BCUT2D eigenvalue weighted by Crippen LogP contribution is 2.33. The molecule has 0 amide bonds. The van der Waals surface area contributed by atoms with Gasteiger partial charge in [-0.1, -0.05) is 26.0 Å². The third-order valence-electron chi connectivity index (χ3n) is 2.82. The summed E-state index contributed by atoms with van der Waals surface area (Å²) in [6.45, 7) is 6.43. The van der Waals surface area contributed by atoms with Crippen molar-refractivity contribution >= 4 is 11.6 Å². The van der Waals surface area contributed by atoms with Crippen molar-refractivity contribution in [2.75, 3.05) is 0 Å². The van der Waals surface area contributed by atoms with Crippen LogP contribution >= 0.6 is 0 Å². The number of allylic oxidation sites excluding steroid dienone is 3. The fourth-order valence-corrected chi connectivity index (χ4v) is 1.68. The minimum Gasteiger partial charge on any atom is -0.243 e. The van der Waals surface area contributed by atoms with Crippen LogP contribution in [0.1, 0.15) is 38.6 Å². The molecular weight excluding hydrogens is 176 g/mol. The van der Waals surface area contributed by atoms with Crippen molar-refractivity contribution < 1.29 is 4.63 Å². The molecule has 0 saturated heterocycles. The highest BCUT2D eigenvalue weighted by molar-refractivity contribution is 5.71. The van der Waals surface area contributed by atoms with Crippen LogP contribution in [0, 0.1) is 5.41 Å². The molecule has 0 spiro atoms. The molecule has 1 aliphatic rings. The van der Waals surface area contributed by atoms with E-state index >= 15 is 0 Å². The SMILES string of the molecule is CCC1(C)C=Cc2nonc2C(C)=C1. The summed E-state index contributed by atoms with van der Waals surface area (Å²) in [5.74, 6) is 0. The predicted molar refractivity (Wildman–Crippen MR) is 55.4 cm³/mol. The Balaban J connectivity index is 2.53. The van der Waals surface area contributed by atoms with Gasteiger partial charge in [-0.15, -0.1) is 0 Å². The molecule has 3 heteroatoms. The average molecular weight is 190 g/mol. The van der Waals surface area contributed by atoms with Gasteiger partial charge in [0.15, 0.2) is 0 Å². The quantitative estimate of drug-likeness (QED) is 0.683. The van der Waals surface area contributed by atoms with Crippen molar-refractivity contribution in [1.29, 1.82) is 0 Å². The van der Waals surface area contributed by atoms with E-state index in [1.54, 1.807) is 0 Å². The van der Waals surface area contributed by atoms with Gasteiger partial charge >= 0.3 is 0 Å². The van der Waals surface area contributed by atoms with Gasteiger partial charge in [-0.05, 0) is 35.3 Å². The van der Waals surface area contributed by atoms with Crippen LogP contribution in [0.4, 0.5) is 0 Å². The Bertz CT molecular complexity index is 403. The van der Waals surface area contributed by atoms with Crippen LogP contribution < -0.4 is 0 Å². The zero-order valence-electron chi connectivity index (χ0n) is 8.74. The van der Waals surface area contributed by atoms with Gasteiger partial charge in [-0.25, -0.2) is 4.63 Å². The van der Waals surface area contributed by atoms with E-state index in [-0.39, 0.29) is 5.41 Å². The summed E-state index contributed by atoms with van der Waals surface area (Å²) in [5, 5.41) is 7.75. The van der Waals surface area contributed by atoms with Crippen LogP contribution in [0.15, 0.2) is 16.8 Å². The smallest absolute Gasteiger partial charge is 0.137 e. The maximum atomic E-state index is 4.70. The van der Waals surface area contributed by atoms with Crippen molar-refractivity contribution in [3.63, 3.8) is 0 Å². The van der Waals surface area contributed by atoms with E-state index in [9.17, 15) is 0 Å². The summed E-state index contributed by atoms with van der Waals surface area (Å²) >= 11 is 0. The van der Waals surface area contributed by atoms with Gasteiger partial charge in [0.25, 0.3) is 0 Å². The van der Waals surface area contributed by atoms with Crippen molar-refractivity contribution in [3.8, 4) is 0 Å². The lowest BCUT2D eigenvalue weighted by atomic mass is 9.86. The van der Waals surface area contributed by atoms with E-state index in [4.69, 9.17) is 4.63 Å². The largest absolute Gasteiger partial charge is 0.243 e. The fourth-order valence-electron chi connectivity index (χ4n) is 1.68. The standard InChI is InChI=1S/C11H14N2O/c1-4-11(3)6-5-9-10(8(2)7-11)13-14-12-9/h5-7H,4H2,1-3H3. The van der Waals surface area contributed by atoms with Gasteiger partial charge in [-0.3, -0.25) is 0 Å². The second-order valence-corrected chi connectivity index (χ2v) is 4.02. The van der Waals surface area contributed by atoms with E-state index in [2.05, 4.69) is 36.3 Å². The second-order valence-electron chi connectivity index (χ2n) is 4.02. The molecule has 1 aliphatic carbocycles. The Labute approximate surface area is 83.5 Å². The van der Waals surface area contributed by atoms with Crippen molar-refractivity contribution in [2.45, 2.75) is 27.2 Å². The first kappa shape index (κ1) is 9.19. The molecule has 14 heavy (non-hydrogen) atoms. The zero-order chi connectivity index (χ0) is 10.2. The first-order valence-electron chi connectivity index (χ1n) is 4.86. The first-order valence-corrected chi connectivity index (χ1v) is 4.86. The lowest BCUT2D eigenvalue weighted by Gasteiger charge is -2.18. The molecule has 1 heterocycles. The van der Waals surface area contributed by atoms with Crippen LogP contribution in [0.3, 0.4) is 0 Å². The van der Waals surface area contributed by atoms with E-state index < -0.39 is 0 Å². The van der Waals surface area contributed by atoms with Crippen molar-refractivity contribution in [2.24, 2.45) is 5.41 Å². The number of hydrogen-bond acceptors (Lipinski definition) is 3. The Kier molecular flexibility index (Phi) is 2.02. The maximum absolute atomic E-state index is 4.70. The first-order chi connectivity index (χ1) is 6.64. The highest BCUT2D eigenvalue weighted by Gasteiger charge is 2.21. The van der Waals surface area contributed by atoms with Crippen LogP contribution in [-0.2, 0) is 0 Å². The van der Waals surface area contributed by atoms with E-state index in [0.717, 1.165) is 23.4 Å². The molecular formula is C11H14N2O. The summed E-state index contributed by atoms with van der Waals surface area (Å²) in [7, 11) is 0. The van der Waals surface area contributed by atoms with Gasteiger partial charge in [0.1, 0.15) is 11.4 Å². The third-order valence-corrected chi connectivity index (χ3v) is 2.82. The average Bonchev–Trinajstić information content (AvgIpc) is 2.59. The Morgan fingerprint density at radius 1 is 1.43 bits per heavy atom. The molecule has 0 N–H and O–H groups in total. The monoisotopic (exact) mass is 190 g/mol. The zero-order valence-corrected chi connectivity index (χ0v) is 8.74. The predicted octanol–water partition coefficient (Wildman–Crippen LogP) is 2.92. The van der Waals surface area contributed by atoms with E-state index in [1.165, 1.54) is 0 Å². The summed E-state index contributed by atoms with van der Waals surface area (Å²) in [5.41, 5.74) is 2.93. The minimum atomic E-state index is 0.111. The number of hydrogen-bond donors (Lipinski definition) is 0. The summed E-state index contributed by atoms with van der Waals surface area (Å²) in [4.78, 5) is 0. The number of fused-ring (bicyclic) bond motifs is 1. The Morgan fingerprint density at radius 3 is 2.93 bits per heavy atom. The Hall–Kier alpha value is -1.38. The van der Waals surface area contributed by atoms with Crippen molar-refractivity contribution in [3.05, 3.63) is 23.5 Å². The molecule has 1 aromatic heterocycles. The summed E-state index contributed by atoms with van der Waals surface area (Å²) in [6.07, 6.45) is 7.44. The van der Waals surface area contributed by atoms with E-state index in [0.29, 0.717) is 0 Å². The molecule has 1 unspecified atom stereocenters. The molecule has 1 atom stereocenters. The number of nitrogens with zero attached hydrogens (tertiary/aromatic N) is 2. The number of rotatable bonds is 1. The third kappa shape index (κ3) is 1.39. The van der Waals surface area contributed by atoms with Crippen LogP contribution in [0.2, 0.25) is 0 Å². The van der Waals surface area contributed by atoms with Crippen LogP contribution in [0.5, 0.6) is 0 Å². The molecule has 3 nitrogen and oxygen atoms in total. The lowest BCUT2D eigenvalue weighted by molar-refractivity contribution is 0.305. The van der Waals surface area contributed by atoms with Crippen LogP contribution in [-0.4, -0.2) is 10.3 Å². The van der Waals surface area contributed by atoms with Gasteiger partial charge < -0.3 is 0 Å².